The molecule has 0 aliphatic heterocycles. The number of hydrogen-bond donors (Lipinski definition) is 0. The summed E-state index contributed by atoms with van der Waals surface area (Å²) in [6.45, 7) is 3.59. The second-order valence-electron chi connectivity index (χ2n) is 2.54. The number of nitrogens with zero attached hydrogens (tertiary/aromatic N) is 1. The molecule has 1 aromatic carbocycles. The maximum absolute atomic E-state index is 3.38. The topological polar surface area (TPSA) is 3.24 Å². The molecule has 0 fully saturated rings. The fourth-order valence-corrected chi connectivity index (χ4v) is 1.24. The molecule has 70 valence electrons. The van der Waals surface area contributed by atoms with Crippen molar-refractivity contribution < 1.29 is 0 Å². The van der Waals surface area contributed by atoms with Gasteiger partial charge in [-0.3, -0.25) is 0 Å². The van der Waals surface area contributed by atoms with Gasteiger partial charge in [0.2, 0.25) is 0 Å². The summed E-state index contributed by atoms with van der Waals surface area (Å²) >= 11 is 3.38. The molecule has 0 amide bonds. The highest BCUT2D eigenvalue weighted by Gasteiger charge is 1.98. The molecular formula is C12H10BrN. The van der Waals surface area contributed by atoms with E-state index in [9.17, 15) is 0 Å². The standard InChI is InChI=1S/C12H10BrN/c1-3-9-14(10-4-2)12-7-5-11(13)6-8-12/h5-8H,1-2H3. The minimum absolute atomic E-state index is 0.983. The van der Waals surface area contributed by atoms with Crippen molar-refractivity contribution in [3.63, 3.8) is 0 Å². The monoisotopic (exact) mass is 247 g/mol. The Kier molecular flexibility index (Phi) is 4.11. The van der Waals surface area contributed by atoms with Crippen molar-refractivity contribution in [2.75, 3.05) is 4.90 Å². The highest BCUT2D eigenvalue weighted by molar-refractivity contribution is 9.10. The van der Waals surface area contributed by atoms with Gasteiger partial charge in [0.05, 0.1) is 5.69 Å². The van der Waals surface area contributed by atoms with E-state index in [1.807, 2.05) is 24.3 Å². The molecule has 0 unspecified atom stereocenters. The molecule has 0 saturated carbocycles. The number of hydrogen-bond acceptors (Lipinski definition) is 1. The van der Waals surface area contributed by atoms with E-state index in [2.05, 4.69) is 39.9 Å². The Bertz CT molecular complexity index is 392. The minimum Gasteiger partial charge on any atom is -0.228 e. The second kappa shape index (κ2) is 5.37. The van der Waals surface area contributed by atoms with Crippen molar-refractivity contribution in [3.8, 4) is 23.9 Å². The SMILES string of the molecule is CC#CN(C#CC)c1ccc(Br)cc1. The van der Waals surface area contributed by atoms with Gasteiger partial charge in [-0.05, 0) is 38.1 Å². The Morgan fingerprint density at radius 2 is 1.50 bits per heavy atom. The van der Waals surface area contributed by atoms with Gasteiger partial charge in [0, 0.05) is 16.6 Å². The Morgan fingerprint density at radius 1 is 1.00 bits per heavy atom. The zero-order valence-electron chi connectivity index (χ0n) is 8.13. The molecule has 1 rings (SSSR count). The van der Waals surface area contributed by atoms with Gasteiger partial charge in [-0.1, -0.05) is 27.8 Å². The first-order valence-electron chi connectivity index (χ1n) is 4.18. The van der Waals surface area contributed by atoms with Crippen molar-refractivity contribution in [2.24, 2.45) is 0 Å². The third-order valence-electron chi connectivity index (χ3n) is 1.53. The van der Waals surface area contributed by atoms with Crippen LogP contribution in [-0.4, -0.2) is 0 Å². The summed E-state index contributed by atoms with van der Waals surface area (Å²) in [5, 5.41) is 0. The molecule has 0 aliphatic carbocycles. The molecule has 0 N–H and O–H groups in total. The lowest BCUT2D eigenvalue weighted by Crippen LogP contribution is -2.07. The molecule has 1 nitrogen and oxygen atoms in total. The van der Waals surface area contributed by atoms with Gasteiger partial charge in [-0.25, -0.2) is 4.90 Å². The summed E-state index contributed by atoms with van der Waals surface area (Å²) in [6, 6.07) is 13.7. The van der Waals surface area contributed by atoms with Crippen LogP contribution in [0.5, 0.6) is 0 Å². The molecule has 0 saturated heterocycles. The summed E-state index contributed by atoms with van der Waals surface area (Å²) in [4.78, 5) is 1.71. The van der Waals surface area contributed by atoms with Crippen molar-refractivity contribution in [3.05, 3.63) is 28.7 Å². The van der Waals surface area contributed by atoms with E-state index in [-0.39, 0.29) is 0 Å². The predicted molar refractivity (Wildman–Crippen MR) is 63.5 cm³/mol. The first-order chi connectivity index (χ1) is 6.77. The van der Waals surface area contributed by atoms with E-state index >= 15 is 0 Å². The molecule has 1 aromatic rings. The predicted octanol–water partition coefficient (Wildman–Crippen LogP) is 3.22. The maximum Gasteiger partial charge on any atom is 0.0637 e. The molecule has 0 heterocycles. The van der Waals surface area contributed by atoms with Crippen LogP contribution in [0.2, 0.25) is 0 Å². The van der Waals surface area contributed by atoms with Crippen LogP contribution >= 0.6 is 15.9 Å². The molecule has 0 bridgehead atoms. The van der Waals surface area contributed by atoms with Gasteiger partial charge in [0.1, 0.15) is 0 Å². The van der Waals surface area contributed by atoms with Gasteiger partial charge < -0.3 is 0 Å². The van der Waals surface area contributed by atoms with Crippen LogP contribution in [0.15, 0.2) is 28.7 Å². The van der Waals surface area contributed by atoms with Crippen molar-refractivity contribution >= 4 is 21.6 Å². The van der Waals surface area contributed by atoms with Gasteiger partial charge in [-0.2, -0.15) is 0 Å². The Hall–Kier alpha value is -1.38. The van der Waals surface area contributed by atoms with E-state index in [0.29, 0.717) is 0 Å². The van der Waals surface area contributed by atoms with Crippen molar-refractivity contribution in [2.45, 2.75) is 13.8 Å². The van der Waals surface area contributed by atoms with Crippen molar-refractivity contribution in [1.82, 2.24) is 0 Å². The van der Waals surface area contributed by atoms with E-state index in [4.69, 9.17) is 0 Å². The molecule has 0 spiro atoms. The molecule has 2 heteroatoms. The summed E-state index contributed by atoms with van der Waals surface area (Å²) in [6.07, 6.45) is 0. The number of anilines is 1. The lowest BCUT2D eigenvalue weighted by molar-refractivity contribution is 1.38. The Balaban J connectivity index is 3.01. The summed E-state index contributed by atoms with van der Waals surface area (Å²) in [5.41, 5.74) is 0.983. The maximum atomic E-state index is 3.38. The summed E-state index contributed by atoms with van der Waals surface area (Å²) < 4.78 is 1.05. The van der Waals surface area contributed by atoms with E-state index < -0.39 is 0 Å². The van der Waals surface area contributed by atoms with E-state index in [0.717, 1.165) is 10.2 Å². The van der Waals surface area contributed by atoms with E-state index in [1.165, 1.54) is 0 Å². The number of benzene rings is 1. The van der Waals surface area contributed by atoms with Gasteiger partial charge in [-0.15, -0.1) is 0 Å². The van der Waals surface area contributed by atoms with Gasteiger partial charge >= 0.3 is 0 Å². The fourth-order valence-electron chi connectivity index (χ4n) is 0.971. The highest BCUT2D eigenvalue weighted by atomic mass is 79.9. The molecule has 0 aliphatic rings. The van der Waals surface area contributed by atoms with Gasteiger partial charge in [0.15, 0.2) is 0 Å². The zero-order valence-corrected chi connectivity index (χ0v) is 9.72. The number of rotatable bonds is 1. The quantitative estimate of drug-likeness (QED) is 0.544. The first-order valence-corrected chi connectivity index (χ1v) is 4.97. The largest absolute Gasteiger partial charge is 0.228 e. The molecule has 0 radical (unpaired) electrons. The summed E-state index contributed by atoms with van der Waals surface area (Å²) in [7, 11) is 0. The van der Waals surface area contributed by atoms with Crippen LogP contribution in [-0.2, 0) is 0 Å². The Morgan fingerprint density at radius 3 is 1.93 bits per heavy atom. The van der Waals surface area contributed by atoms with Crippen LogP contribution in [0, 0.1) is 23.9 Å². The lowest BCUT2D eigenvalue weighted by Gasteiger charge is -2.08. The smallest absolute Gasteiger partial charge is 0.0637 e. The van der Waals surface area contributed by atoms with Crippen LogP contribution in [0.1, 0.15) is 13.8 Å². The lowest BCUT2D eigenvalue weighted by atomic mass is 10.3. The first kappa shape index (κ1) is 10.7. The fraction of sp³-hybridized carbons (Fsp3) is 0.167. The molecule has 14 heavy (non-hydrogen) atoms. The second-order valence-corrected chi connectivity index (χ2v) is 3.45. The normalized spacial score (nSPS) is 7.93. The van der Waals surface area contributed by atoms with Crippen LogP contribution in [0.25, 0.3) is 0 Å². The van der Waals surface area contributed by atoms with Crippen LogP contribution in [0.3, 0.4) is 0 Å². The van der Waals surface area contributed by atoms with Gasteiger partial charge in [0.25, 0.3) is 0 Å². The molecule has 0 aromatic heterocycles. The third-order valence-corrected chi connectivity index (χ3v) is 2.06. The average molecular weight is 248 g/mol. The zero-order chi connectivity index (χ0) is 10.4. The minimum atomic E-state index is 0.983. The third kappa shape index (κ3) is 2.83. The van der Waals surface area contributed by atoms with Crippen LogP contribution < -0.4 is 4.90 Å². The molecule has 0 atom stereocenters. The average Bonchev–Trinajstić information content (AvgIpc) is 2.19. The number of halogens is 1. The Labute approximate surface area is 93.2 Å². The van der Waals surface area contributed by atoms with Crippen LogP contribution in [0.4, 0.5) is 5.69 Å². The van der Waals surface area contributed by atoms with Crippen molar-refractivity contribution in [1.29, 1.82) is 0 Å². The highest BCUT2D eigenvalue weighted by Crippen LogP contribution is 2.17. The summed E-state index contributed by atoms with van der Waals surface area (Å²) in [5.74, 6) is 5.65. The van der Waals surface area contributed by atoms with E-state index in [1.54, 1.807) is 18.7 Å². The molecular weight excluding hydrogens is 238 g/mol.